The van der Waals surface area contributed by atoms with Crippen LogP contribution < -0.4 is 4.90 Å². The van der Waals surface area contributed by atoms with Gasteiger partial charge in [-0.2, -0.15) is 8.42 Å². The number of para-hydroxylation sites is 1. The van der Waals surface area contributed by atoms with E-state index in [1.165, 1.54) is 22.7 Å². The molecule has 1 unspecified atom stereocenters. The first kappa shape index (κ1) is 18.2. The molecule has 1 N–H and O–H groups in total. The normalized spacial score (nSPS) is 16.5. The number of hydrogen-bond acceptors (Lipinski definition) is 5. The van der Waals surface area contributed by atoms with Crippen molar-refractivity contribution < 1.29 is 13.0 Å². The zero-order chi connectivity index (χ0) is 17.0. The monoisotopic (exact) mass is 369 g/mol. The molecule has 2 aromatic carbocycles. The van der Waals surface area contributed by atoms with Crippen LogP contribution >= 0.6 is 23.5 Å². The Labute approximate surface area is 146 Å². The Morgan fingerprint density at radius 2 is 1.74 bits per heavy atom. The van der Waals surface area contributed by atoms with Crippen molar-refractivity contribution in [1.29, 1.82) is 0 Å². The molecule has 0 saturated carbocycles. The van der Waals surface area contributed by atoms with Crippen LogP contribution in [0.25, 0.3) is 0 Å². The molecule has 0 aliphatic carbocycles. The number of rotatable bonds is 2. The lowest BCUT2D eigenvalue weighted by Crippen LogP contribution is -2.20. The first-order valence-electron chi connectivity index (χ1n) is 6.88. The number of hydrogen-bond donors (Lipinski definition) is 1. The Kier molecular flexibility index (Phi) is 6.02. The number of aryl methyl sites for hydroxylation is 1. The van der Waals surface area contributed by atoms with Gasteiger partial charge in [0.15, 0.2) is 0 Å². The van der Waals surface area contributed by atoms with Gasteiger partial charge in [0.05, 0.1) is 10.6 Å². The molecule has 0 radical (unpaired) electrons. The second-order valence-corrected chi connectivity index (χ2v) is 8.79. The van der Waals surface area contributed by atoms with Gasteiger partial charge in [0.1, 0.15) is 4.71 Å². The summed E-state index contributed by atoms with van der Waals surface area (Å²) in [6, 6.07) is 14.5. The Hall–Kier alpha value is -1.15. The third-order valence-electron chi connectivity index (χ3n) is 3.31. The molecule has 0 spiro atoms. The van der Waals surface area contributed by atoms with Gasteiger partial charge in [0.2, 0.25) is 0 Å². The highest BCUT2D eigenvalue weighted by Crippen LogP contribution is 2.45. The molecule has 124 valence electrons. The fraction of sp³-hybridized carbons (Fsp3) is 0.250. The number of fused-ring (bicyclic) bond motifs is 1. The summed E-state index contributed by atoms with van der Waals surface area (Å²) in [7, 11) is -1.87. The van der Waals surface area contributed by atoms with E-state index in [0.29, 0.717) is 4.71 Å². The molecular weight excluding hydrogens is 350 g/mol. The zero-order valence-corrected chi connectivity index (χ0v) is 15.6. The van der Waals surface area contributed by atoms with Gasteiger partial charge in [-0.25, -0.2) is 0 Å². The highest BCUT2D eigenvalue weighted by Gasteiger charge is 2.25. The van der Waals surface area contributed by atoms with Crippen molar-refractivity contribution in [3.63, 3.8) is 0 Å². The molecule has 4 nitrogen and oxygen atoms in total. The van der Waals surface area contributed by atoms with E-state index in [2.05, 4.69) is 42.5 Å². The van der Waals surface area contributed by atoms with Crippen LogP contribution in [0.15, 0.2) is 58.3 Å². The molecule has 7 heteroatoms. The summed E-state index contributed by atoms with van der Waals surface area (Å²) in [5, 5.41) is 0. The van der Waals surface area contributed by atoms with Crippen molar-refractivity contribution in [2.45, 2.75) is 21.4 Å². The number of thioether (sulfide) groups is 2. The minimum absolute atomic E-state index is 0.0666. The van der Waals surface area contributed by atoms with Crippen molar-refractivity contribution in [3.8, 4) is 0 Å². The second-order valence-electron chi connectivity index (χ2n) is 5.03. The first-order chi connectivity index (χ1) is 10.8. The number of anilines is 1. The van der Waals surface area contributed by atoms with E-state index < -0.39 is 10.1 Å². The van der Waals surface area contributed by atoms with Gasteiger partial charge < -0.3 is 4.90 Å². The highest BCUT2D eigenvalue weighted by molar-refractivity contribution is 8.17. The van der Waals surface area contributed by atoms with Crippen LogP contribution in [-0.2, 0) is 10.1 Å². The maximum Gasteiger partial charge on any atom is 0.294 e. The first-order valence-corrected chi connectivity index (χ1v) is 10.5. The van der Waals surface area contributed by atoms with Crippen LogP contribution in [-0.4, -0.2) is 31.0 Å². The summed E-state index contributed by atoms with van der Waals surface area (Å²) in [5.41, 5.74) is 2.32. The van der Waals surface area contributed by atoms with Gasteiger partial charge >= 0.3 is 0 Å². The SMILES string of the molecule is CSC1Sc2ccccc2N1C.Cc1ccc(S(=O)(=O)O)cc1. The number of benzene rings is 2. The minimum atomic E-state index is -4.02. The maximum atomic E-state index is 10.5. The largest absolute Gasteiger partial charge is 0.353 e. The van der Waals surface area contributed by atoms with Crippen molar-refractivity contribution in [1.82, 2.24) is 0 Å². The quantitative estimate of drug-likeness (QED) is 0.804. The van der Waals surface area contributed by atoms with Crippen LogP contribution in [0.1, 0.15) is 5.56 Å². The lowest BCUT2D eigenvalue weighted by Gasteiger charge is -2.18. The predicted octanol–water partition coefficient (Wildman–Crippen LogP) is 4.12. The summed E-state index contributed by atoms with van der Waals surface area (Å²) >= 11 is 3.82. The van der Waals surface area contributed by atoms with Crippen molar-refractivity contribution >= 4 is 39.3 Å². The molecule has 1 aliphatic heterocycles. The lowest BCUT2D eigenvalue weighted by atomic mass is 10.2. The summed E-state index contributed by atoms with van der Waals surface area (Å²) in [5.74, 6) is 0. The third-order valence-corrected chi connectivity index (χ3v) is 6.88. The summed E-state index contributed by atoms with van der Waals surface area (Å²) in [4.78, 5) is 3.66. The van der Waals surface area contributed by atoms with Crippen LogP contribution in [0.2, 0.25) is 0 Å². The van der Waals surface area contributed by atoms with Gasteiger partial charge in [0.25, 0.3) is 10.1 Å². The zero-order valence-electron chi connectivity index (χ0n) is 13.1. The number of nitrogens with zero attached hydrogens (tertiary/aromatic N) is 1. The fourth-order valence-electron chi connectivity index (χ4n) is 2.07. The van der Waals surface area contributed by atoms with Crippen molar-refractivity contribution in [3.05, 3.63) is 54.1 Å². The van der Waals surface area contributed by atoms with E-state index >= 15 is 0 Å². The van der Waals surface area contributed by atoms with E-state index in [-0.39, 0.29) is 4.90 Å². The van der Waals surface area contributed by atoms with E-state index in [0.717, 1.165) is 5.56 Å². The van der Waals surface area contributed by atoms with E-state index in [4.69, 9.17) is 4.55 Å². The average molecular weight is 370 g/mol. The molecule has 0 amide bonds. The van der Waals surface area contributed by atoms with Crippen molar-refractivity contribution in [2.75, 3.05) is 18.2 Å². The molecule has 1 heterocycles. The topological polar surface area (TPSA) is 57.6 Å². The van der Waals surface area contributed by atoms with Crippen LogP contribution in [0.4, 0.5) is 5.69 Å². The Bertz CT molecular complexity index is 760. The summed E-state index contributed by atoms with van der Waals surface area (Å²) in [6.07, 6.45) is 2.15. The standard InChI is InChI=1S/C9H11NS2.C7H8O3S/c1-10-7-5-3-4-6-8(7)12-9(10)11-2;1-6-2-4-7(5-3-6)11(8,9)10/h3-6,9H,1-2H3;2-5H,1H3,(H,8,9,10). The molecule has 0 saturated heterocycles. The summed E-state index contributed by atoms with van der Waals surface area (Å²) in [6.45, 7) is 1.84. The molecule has 0 aromatic heterocycles. The summed E-state index contributed by atoms with van der Waals surface area (Å²) < 4.78 is 30.1. The highest BCUT2D eigenvalue weighted by atomic mass is 32.2. The van der Waals surface area contributed by atoms with Gasteiger partial charge in [-0.3, -0.25) is 4.55 Å². The molecule has 1 aliphatic rings. The van der Waals surface area contributed by atoms with E-state index in [1.54, 1.807) is 12.1 Å². The minimum Gasteiger partial charge on any atom is -0.353 e. The van der Waals surface area contributed by atoms with E-state index in [9.17, 15) is 8.42 Å². The second kappa shape index (κ2) is 7.61. The predicted molar refractivity (Wildman–Crippen MR) is 99.0 cm³/mol. The fourth-order valence-corrected chi connectivity index (χ4v) is 4.65. The van der Waals surface area contributed by atoms with Gasteiger partial charge in [-0.1, -0.05) is 41.6 Å². The molecule has 2 aromatic rings. The smallest absolute Gasteiger partial charge is 0.294 e. The Morgan fingerprint density at radius 3 is 2.26 bits per heavy atom. The van der Waals surface area contributed by atoms with Gasteiger partial charge in [-0.05, 0) is 37.4 Å². The molecule has 3 rings (SSSR count). The molecule has 0 fully saturated rings. The molecule has 1 atom stereocenters. The Morgan fingerprint density at radius 1 is 1.13 bits per heavy atom. The Balaban J connectivity index is 0.000000168. The lowest BCUT2D eigenvalue weighted by molar-refractivity contribution is 0.483. The maximum absolute atomic E-state index is 10.5. The average Bonchev–Trinajstić information content (AvgIpc) is 2.84. The van der Waals surface area contributed by atoms with Crippen molar-refractivity contribution in [2.24, 2.45) is 0 Å². The third kappa shape index (κ3) is 4.67. The van der Waals surface area contributed by atoms with Gasteiger partial charge in [-0.15, -0.1) is 11.8 Å². The molecular formula is C16H19NO3S3. The van der Waals surface area contributed by atoms with E-state index in [1.807, 2.05) is 30.4 Å². The van der Waals surface area contributed by atoms with Gasteiger partial charge in [0, 0.05) is 11.9 Å². The van der Waals surface area contributed by atoms with Crippen LogP contribution in [0, 0.1) is 6.92 Å². The van der Waals surface area contributed by atoms with Crippen LogP contribution in [0.5, 0.6) is 0 Å². The molecule has 0 bridgehead atoms. The van der Waals surface area contributed by atoms with Crippen LogP contribution in [0.3, 0.4) is 0 Å². The molecule has 23 heavy (non-hydrogen) atoms.